The maximum Gasteiger partial charge on any atom is 0.340 e. The summed E-state index contributed by atoms with van der Waals surface area (Å²) in [6, 6.07) is 4.85. The van der Waals surface area contributed by atoms with Crippen LogP contribution in [0.25, 0.3) is 0 Å². The lowest BCUT2D eigenvalue weighted by Gasteiger charge is -2.09. The quantitative estimate of drug-likeness (QED) is 0.345. The van der Waals surface area contributed by atoms with Gasteiger partial charge in [0.1, 0.15) is 11.4 Å². The third-order valence-electron chi connectivity index (χ3n) is 3.24. The predicted octanol–water partition coefficient (Wildman–Crippen LogP) is 3.33. The van der Waals surface area contributed by atoms with Crippen LogP contribution in [0.4, 0.5) is 20.2 Å². The number of anilines is 1. The Kier molecular flexibility index (Phi) is 6.24. The van der Waals surface area contributed by atoms with E-state index < -0.39 is 51.3 Å². The summed E-state index contributed by atoms with van der Waals surface area (Å²) in [6.07, 6.45) is 0. The molecular weight excluding hydrogens is 390 g/mol. The molecule has 11 heteroatoms. The van der Waals surface area contributed by atoms with Gasteiger partial charge < -0.3 is 14.8 Å². The molecule has 0 saturated carbocycles. The Bertz CT molecular complexity index is 922. The van der Waals surface area contributed by atoms with Crippen molar-refractivity contribution in [3.05, 3.63) is 62.7 Å². The summed E-state index contributed by atoms with van der Waals surface area (Å²) in [5, 5.41) is 12.9. The van der Waals surface area contributed by atoms with Crippen LogP contribution in [-0.2, 0) is 9.53 Å². The monoisotopic (exact) mass is 400 g/mol. The number of methoxy groups -OCH3 is 1. The number of amides is 1. The van der Waals surface area contributed by atoms with Gasteiger partial charge in [-0.15, -0.1) is 0 Å². The van der Waals surface area contributed by atoms with Gasteiger partial charge in [-0.05, 0) is 24.3 Å². The Morgan fingerprint density at radius 1 is 1.22 bits per heavy atom. The highest BCUT2D eigenvalue weighted by Crippen LogP contribution is 2.29. The highest BCUT2D eigenvalue weighted by atomic mass is 35.5. The van der Waals surface area contributed by atoms with Crippen LogP contribution in [0.1, 0.15) is 10.4 Å². The number of nitro benzene ring substituents is 1. The summed E-state index contributed by atoms with van der Waals surface area (Å²) in [6.45, 7) is -0.836. The number of hydrogen-bond donors (Lipinski definition) is 1. The molecule has 8 nitrogen and oxygen atoms in total. The van der Waals surface area contributed by atoms with Gasteiger partial charge in [0.2, 0.25) is 0 Å². The number of carbonyl (C=O) groups is 2. The van der Waals surface area contributed by atoms with Gasteiger partial charge in [-0.25, -0.2) is 13.6 Å². The van der Waals surface area contributed by atoms with Gasteiger partial charge in [0, 0.05) is 0 Å². The number of rotatable bonds is 6. The summed E-state index contributed by atoms with van der Waals surface area (Å²) >= 11 is 5.63. The third-order valence-corrected chi connectivity index (χ3v) is 3.55. The second-order valence-corrected chi connectivity index (χ2v) is 5.42. The number of nitro groups is 1. The van der Waals surface area contributed by atoms with Crippen molar-refractivity contribution in [3.63, 3.8) is 0 Å². The van der Waals surface area contributed by atoms with E-state index in [-0.39, 0.29) is 11.4 Å². The number of esters is 1. The van der Waals surface area contributed by atoms with E-state index in [9.17, 15) is 28.5 Å². The van der Waals surface area contributed by atoms with Gasteiger partial charge in [-0.3, -0.25) is 14.9 Å². The van der Waals surface area contributed by atoms with Crippen LogP contribution in [0.2, 0.25) is 5.02 Å². The molecule has 0 radical (unpaired) electrons. The van der Waals surface area contributed by atoms with Crippen molar-refractivity contribution in [1.82, 2.24) is 0 Å². The van der Waals surface area contributed by atoms with Crippen molar-refractivity contribution in [2.24, 2.45) is 0 Å². The lowest BCUT2D eigenvalue weighted by Crippen LogP contribution is -2.21. The molecule has 0 bridgehead atoms. The molecule has 2 aromatic carbocycles. The van der Waals surface area contributed by atoms with Crippen LogP contribution >= 0.6 is 11.6 Å². The summed E-state index contributed by atoms with van der Waals surface area (Å²) < 4.78 is 35.7. The fraction of sp³-hybridized carbons (Fsp3) is 0.125. The standard InChI is InChI=1S/C16H11ClF2N2O6/c1-26-8-2-3-13(14(4-8)21(24)25)20-15(22)7-27-16(23)9-5-11(18)12(19)6-10(9)17/h2-6H,7H2,1H3,(H,20,22). The topological polar surface area (TPSA) is 108 Å². The lowest BCUT2D eigenvalue weighted by molar-refractivity contribution is -0.384. The molecular formula is C16H11ClF2N2O6. The van der Waals surface area contributed by atoms with E-state index >= 15 is 0 Å². The van der Waals surface area contributed by atoms with Crippen molar-refractivity contribution < 1.29 is 32.8 Å². The lowest BCUT2D eigenvalue weighted by atomic mass is 10.2. The van der Waals surface area contributed by atoms with Crippen LogP contribution < -0.4 is 10.1 Å². The summed E-state index contributed by atoms with van der Waals surface area (Å²) in [7, 11) is 1.32. The van der Waals surface area contributed by atoms with Gasteiger partial charge >= 0.3 is 5.97 Å². The molecule has 0 unspecified atom stereocenters. The maximum atomic E-state index is 13.2. The fourth-order valence-corrected chi connectivity index (χ4v) is 2.20. The molecule has 142 valence electrons. The van der Waals surface area contributed by atoms with Crippen LogP contribution in [0.3, 0.4) is 0 Å². The van der Waals surface area contributed by atoms with Crippen LogP contribution in [0, 0.1) is 21.7 Å². The molecule has 0 aromatic heterocycles. The van der Waals surface area contributed by atoms with Gasteiger partial charge in [-0.2, -0.15) is 0 Å². The maximum absolute atomic E-state index is 13.2. The van der Waals surface area contributed by atoms with E-state index in [1.807, 2.05) is 0 Å². The molecule has 2 aromatic rings. The van der Waals surface area contributed by atoms with E-state index in [1.54, 1.807) is 0 Å². The smallest absolute Gasteiger partial charge is 0.340 e. The largest absolute Gasteiger partial charge is 0.496 e. The Morgan fingerprint density at radius 2 is 1.89 bits per heavy atom. The molecule has 0 saturated heterocycles. The summed E-state index contributed by atoms with van der Waals surface area (Å²) in [5.74, 6) is -4.42. The average Bonchev–Trinajstić information content (AvgIpc) is 2.62. The highest BCUT2D eigenvalue weighted by molar-refractivity contribution is 6.33. The van der Waals surface area contributed by atoms with E-state index in [4.69, 9.17) is 16.3 Å². The normalized spacial score (nSPS) is 10.2. The molecule has 1 N–H and O–H groups in total. The van der Waals surface area contributed by atoms with Crippen molar-refractivity contribution >= 4 is 34.9 Å². The highest BCUT2D eigenvalue weighted by Gasteiger charge is 2.20. The molecule has 27 heavy (non-hydrogen) atoms. The minimum absolute atomic E-state index is 0.146. The van der Waals surface area contributed by atoms with E-state index in [1.165, 1.54) is 19.2 Å². The molecule has 0 heterocycles. The zero-order valence-corrected chi connectivity index (χ0v) is 14.4. The van der Waals surface area contributed by atoms with Crippen molar-refractivity contribution in [3.8, 4) is 5.75 Å². The molecule has 2 rings (SSSR count). The minimum Gasteiger partial charge on any atom is -0.496 e. The average molecular weight is 401 g/mol. The first-order valence-corrected chi connectivity index (χ1v) is 7.54. The van der Waals surface area contributed by atoms with E-state index in [0.29, 0.717) is 12.1 Å². The first-order valence-electron chi connectivity index (χ1n) is 7.17. The van der Waals surface area contributed by atoms with Gasteiger partial charge in [0.05, 0.1) is 28.7 Å². The molecule has 0 spiro atoms. The van der Waals surface area contributed by atoms with Gasteiger partial charge in [0.25, 0.3) is 11.6 Å². The number of nitrogens with one attached hydrogen (secondary N) is 1. The van der Waals surface area contributed by atoms with Crippen LogP contribution in [0.15, 0.2) is 30.3 Å². The Hall–Kier alpha value is -3.27. The van der Waals surface area contributed by atoms with Gasteiger partial charge in [0.15, 0.2) is 18.2 Å². The number of halogens is 3. The van der Waals surface area contributed by atoms with E-state index in [0.717, 1.165) is 6.07 Å². The minimum atomic E-state index is -1.32. The SMILES string of the molecule is COc1ccc(NC(=O)COC(=O)c2cc(F)c(F)cc2Cl)c([N+](=O)[O-])c1. The fourth-order valence-electron chi connectivity index (χ4n) is 1.97. The number of benzene rings is 2. The number of hydrogen-bond acceptors (Lipinski definition) is 6. The third kappa shape index (κ3) is 4.88. The Labute approximate surface area is 155 Å². The summed E-state index contributed by atoms with van der Waals surface area (Å²) in [4.78, 5) is 34.0. The summed E-state index contributed by atoms with van der Waals surface area (Å²) in [5.41, 5.74) is -1.05. The molecule has 0 aliphatic heterocycles. The second-order valence-electron chi connectivity index (χ2n) is 5.01. The van der Waals surface area contributed by atoms with Crippen molar-refractivity contribution in [2.45, 2.75) is 0 Å². The number of carbonyl (C=O) groups excluding carboxylic acids is 2. The predicted molar refractivity (Wildman–Crippen MR) is 89.9 cm³/mol. The van der Waals surface area contributed by atoms with Crippen molar-refractivity contribution in [2.75, 3.05) is 19.0 Å². The van der Waals surface area contributed by atoms with E-state index in [2.05, 4.69) is 10.1 Å². The molecule has 0 aliphatic rings. The molecule has 0 fully saturated rings. The number of ether oxygens (including phenoxy) is 2. The van der Waals surface area contributed by atoms with Crippen LogP contribution in [0.5, 0.6) is 5.75 Å². The van der Waals surface area contributed by atoms with Crippen molar-refractivity contribution in [1.29, 1.82) is 0 Å². The van der Waals surface area contributed by atoms with Gasteiger partial charge in [-0.1, -0.05) is 11.6 Å². The Morgan fingerprint density at radius 3 is 2.52 bits per heavy atom. The molecule has 0 aliphatic carbocycles. The molecule has 1 amide bonds. The Balaban J connectivity index is 2.06. The second kappa shape index (κ2) is 8.41. The molecule has 0 atom stereocenters. The first-order chi connectivity index (χ1) is 12.7. The van der Waals surface area contributed by atoms with Crippen LogP contribution in [-0.4, -0.2) is 30.5 Å². The zero-order valence-electron chi connectivity index (χ0n) is 13.6. The first kappa shape index (κ1) is 20.0. The number of nitrogens with zero attached hydrogens (tertiary/aromatic N) is 1. The zero-order chi connectivity index (χ0) is 20.1.